The van der Waals surface area contributed by atoms with Crippen LogP contribution < -0.4 is 4.74 Å². The van der Waals surface area contributed by atoms with Crippen LogP contribution >= 0.6 is 0 Å². The molecule has 5 heteroatoms. The van der Waals surface area contributed by atoms with Gasteiger partial charge in [-0.2, -0.15) is 0 Å². The third-order valence-corrected chi connectivity index (χ3v) is 2.31. The van der Waals surface area contributed by atoms with E-state index in [4.69, 9.17) is 9.84 Å². The first-order valence-corrected chi connectivity index (χ1v) is 5.22. The van der Waals surface area contributed by atoms with Crippen LogP contribution in [0.2, 0.25) is 0 Å². The number of carbonyl (C=O) groups is 1. The molecule has 0 saturated carbocycles. The molecule has 0 saturated heterocycles. The number of benzene rings is 1. The van der Waals surface area contributed by atoms with E-state index in [1.807, 2.05) is 0 Å². The lowest BCUT2D eigenvalue weighted by Crippen LogP contribution is -2.07. The Kier molecular flexibility index (Phi) is 3.52. The number of pyridine rings is 1. The van der Waals surface area contributed by atoms with Gasteiger partial charge in [0, 0.05) is 6.20 Å². The summed E-state index contributed by atoms with van der Waals surface area (Å²) in [5.41, 5.74) is 0.425. The van der Waals surface area contributed by atoms with Gasteiger partial charge >= 0.3 is 5.97 Å². The highest BCUT2D eigenvalue weighted by Gasteiger charge is 2.10. The second kappa shape index (κ2) is 5.27. The molecule has 1 N–H and O–H groups in total. The molecular weight excluding hydrogens is 237 g/mol. The first-order chi connectivity index (χ1) is 8.66. The lowest BCUT2D eigenvalue weighted by Gasteiger charge is -2.07. The summed E-state index contributed by atoms with van der Waals surface area (Å²) in [4.78, 5) is 14.9. The van der Waals surface area contributed by atoms with Gasteiger partial charge < -0.3 is 9.84 Å². The fraction of sp³-hybridized carbons (Fsp3) is 0.0769. The average Bonchev–Trinajstić information content (AvgIpc) is 2.38. The molecule has 0 bridgehead atoms. The van der Waals surface area contributed by atoms with Crippen molar-refractivity contribution < 1.29 is 19.0 Å². The molecule has 0 radical (unpaired) electrons. The minimum Gasteiger partial charge on any atom is -0.487 e. The number of hydrogen-bond donors (Lipinski definition) is 1. The molecule has 0 aliphatic rings. The number of nitrogens with zero attached hydrogens (tertiary/aromatic N) is 1. The zero-order chi connectivity index (χ0) is 13.0. The Labute approximate surface area is 103 Å². The summed E-state index contributed by atoms with van der Waals surface area (Å²) in [6.45, 7) is 0.0219. The Morgan fingerprint density at radius 3 is 2.67 bits per heavy atom. The van der Waals surface area contributed by atoms with Crippen molar-refractivity contribution in [3.63, 3.8) is 0 Å². The van der Waals surface area contributed by atoms with Crippen LogP contribution in [0.1, 0.15) is 16.1 Å². The van der Waals surface area contributed by atoms with Gasteiger partial charge in [0.15, 0.2) is 0 Å². The molecule has 0 atom stereocenters. The number of aromatic carboxylic acids is 1. The van der Waals surface area contributed by atoms with Crippen molar-refractivity contribution in [2.75, 3.05) is 0 Å². The van der Waals surface area contributed by atoms with Gasteiger partial charge in [0.05, 0.1) is 11.3 Å². The molecule has 1 heterocycles. The van der Waals surface area contributed by atoms with Crippen LogP contribution in [-0.4, -0.2) is 16.1 Å². The van der Waals surface area contributed by atoms with Crippen molar-refractivity contribution in [3.05, 3.63) is 59.7 Å². The van der Waals surface area contributed by atoms with Crippen molar-refractivity contribution in [1.29, 1.82) is 0 Å². The second-order valence-corrected chi connectivity index (χ2v) is 3.55. The van der Waals surface area contributed by atoms with Crippen molar-refractivity contribution in [1.82, 2.24) is 4.98 Å². The predicted octanol–water partition coefficient (Wildman–Crippen LogP) is 2.50. The highest BCUT2D eigenvalue weighted by Crippen LogP contribution is 2.14. The highest BCUT2D eigenvalue weighted by molar-refractivity contribution is 5.88. The molecule has 0 unspecified atom stereocenters. The van der Waals surface area contributed by atoms with Gasteiger partial charge in [-0.05, 0) is 36.4 Å². The standard InChI is InChI=1S/C13H10FNO3/c14-9-3-5-10(6-4-9)18-8-12-11(13(16)17)2-1-7-15-12/h1-7H,8H2,(H,16,17). The summed E-state index contributed by atoms with van der Waals surface area (Å²) >= 11 is 0. The molecule has 0 spiro atoms. The van der Waals surface area contributed by atoms with E-state index in [-0.39, 0.29) is 18.0 Å². The molecule has 18 heavy (non-hydrogen) atoms. The zero-order valence-electron chi connectivity index (χ0n) is 9.34. The van der Waals surface area contributed by atoms with Gasteiger partial charge in [0.2, 0.25) is 0 Å². The molecule has 0 amide bonds. The van der Waals surface area contributed by atoms with Crippen molar-refractivity contribution >= 4 is 5.97 Å². The molecule has 2 rings (SSSR count). The van der Waals surface area contributed by atoms with E-state index in [0.717, 1.165) is 0 Å². The van der Waals surface area contributed by atoms with Crippen molar-refractivity contribution in [3.8, 4) is 5.75 Å². The van der Waals surface area contributed by atoms with Crippen LogP contribution in [0.3, 0.4) is 0 Å². The Morgan fingerprint density at radius 1 is 1.28 bits per heavy atom. The normalized spacial score (nSPS) is 10.1. The molecule has 4 nitrogen and oxygen atoms in total. The number of halogens is 1. The fourth-order valence-electron chi connectivity index (χ4n) is 1.43. The molecule has 1 aromatic carbocycles. The van der Waals surface area contributed by atoms with E-state index in [1.54, 1.807) is 6.07 Å². The smallest absolute Gasteiger partial charge is 0.337 e. The lowest BCUT2D eigenvalue weighted by atomic mass is 10.2. The number of carboxylic acids is 1. The van der Waals surface area contributed by atoms with E-state index in [0.29, 0.717) is 11.4 Å². The van der Waals surface area contributed by atoms with Crippen LogP contribution in [0.5, 0.6) is 5.75 Å². The minimum atomic E-state index is -1.05. The Bertz CT molecular complexity index is 554. The second-order valence-electron chi connectivity index (χ2n) is 3.55. The van der Waals surface area contributed by atoms with E-state index >= 15 is 0 Å². The first kappa shape index (κ1) is 12.0. The third-order valence-electron chi connectivity index (χ3n) is 2.31. The SMILES string of the molecule is O=C(O)c1cccnc1COc1ccc(F)cc1. The minimum absolute atomic E-state index is 0.0219. The molecule has 0 fully saturated rings. The van der Waals surface area contributed by atoms with Crippen LogP contribution in [0.15, 0.2) is 42.6 Å². The maximum atomic E-state index is 12.7. The lowest BCUT2D eigenvalue weighted by molar-refractivity contribution is 0.0693. The number of aromatic nitrogens is 1. The topological polar surface area (TPSA) is 59.4 Å². The quantitative estimate of drug-likeness (QED) is 0.901. The summed E-state index contributed by atoms with van der Waals surface area (Å²) in [5.74, 6) is -0.953. The molecule has 0 aliphatic carbocycles. The van der Waals surface area contributed by atoms with Gasteiger partial charge in [-0.1, -0.05) is 0 Å². The molecule has 92 valence electrons. The van der Waals surface area contributed by atoms with E-state index in [2.05, 4.69) is 4.98 Å². The van der Waals surface area contributed by atoms with E-state index < -0.39 is 5.97 Å². The Hall–Kier alpha value is -2.43. The van der Waals surface area contributed by atoms with Crippen LogP contribution in [0.25, 0.3) is 0 Å². The zero-order valence-corrected chi connectivity index (χ0v) is 9.34. The fourth-order valence-corrected chi connectivity index (χ4v) is 1.43. The Morgan fingerprint density at radius 2 is 2.00 bits per heavy atom. The Balaban J connectivity index is 2.10. The van der Waals surface area contributed by atoms with E-state index in [9.17, 15) is 9.18 Å². The van der Waals surface area contributed by atoms with Gasteiger partial charge in [0.25, 0.3) is 0 Å². The van der Waals surface area contributed by atoms with Crippen molar-refractivity contribution in [2.45, 2.75) is 6.61 Å². The highest BCUT2D eigenvalue weighted by atomic mass is 19.1. The molecule has 2 aromatic rings. The largest absolute Gasteiger partial charge is 0.487 e. The number of hydrogen-bond acceptors (Lipinski definition) is 3. The monoisotopic (exact) mass is 247 g/mol. The van der Waals surface area contributed by atoms with Gasteiger partial charge in [-0.25, -0.2) is 9.18 Å². The summed E-state index contributed by atoms with van der Waals surface area (Å²) in [6.07, 6.45) is 1.50. The first-order valence-electron chi connectivity index (χ1n) is 5.22. The molecule has 0 aliphatic heterocycles. The maximum absolute atomic E-state index is 12.7. The molecular formula is C13H10FNO3. The summed E-state index contributed by atoms with van der Waals surface area (Å²) < 4.78 is 18.0. The van der Waals surface area contributed by atoms with Gasteiger partial charge in [-0.15, -0.1) is 0 Å². The van der Waals surface area contributed by atoms with Crippen molar-refractivity contribution in [2.24, 2.45) is 0 Å². The number of rotatable bonds is 4. The summed E-state index contributed by atoms with van der Waals surface area (Å²) in [6, 6.07) is 8.48. The number of carboxylic acid groups (broad SMARTS) is 1. The third kappa shape index (κ3) is 2.82. The number of ether oxygens (including phenoxy) is 1. The van der Waals surface area contributed by atoms with Crippen LogP contribution in [0.4, 0.5) is 4.39 Å². The van der Waals surface area contributed by atoms with Gasteiger partial charge in [-0.3, -0.25) is 4.98 Å². The summed E-state index contributed by atoms with van der Waals surface area (Å²) in [5, 5.41) is 8.95. The predicted molar refractivity (Wildman–Crippen MR) is 61.9 cm³/mol. The van der Waals surface area contributed by atoms with Crippen LogP contribution in [-0.2, 0) is 6.61 Å². The summed E-state index contributed by atoms with van der Waals surface area (Å²) in [7, 11) is 0. The van der Waals surface area contributed by atoms with Gasteiger partial charge in [0.1, 0.15) is 18.2 Å². The maximum Gasteiger partial charge on any atom is 0.337 e. The van der Waals surface area contributed by atoms with Crippen LogP contribution in [0, 0.1) is 5.82 Å². The van der Waals surface area contributed by atoms with E-state index in [1.165, 1.54) is 36.5 Å². The average molecular weight is 247 g/mol. The molecule has 1 aromatic heterocycles.